The third-order valence-electron chi connectivity index (χ3n) is 3.62. The Morgan fingerprint density at radius 1 is 1.36 bits per heavy atom. The maximum Gasteiger partial charge on any atom is 0.410 e. The highest BCUT2D eigenvalue weighted by Gasteiger charge is 2.41. The Labute approximate surface area is 146 Å². The monoisotopic (exact) mass is 354 g/mol. The van der Waals surface area contributed by atoms with Crippen LogP contribution in [0.5, 0.6) is 5.88 Å². The number of ether oxygens (including phenoxy) is 3. The fraction of sp³-hybridized carbons (Fsp3) is 0.588. The summed E-state index contributed by atoms with van der Waals surface area (Å²) in [6.45, 7) is 6.71. The predicted molar refractivity (Wildman–Crippen MR) is 86.6 cm³/mol. The minimum absolute atomic E-state index is 0.152. The lowest BCUT2D eigenvalue weighted by atomic mass is 10.1. The summed E-state index contributed by atoms with van der Waals surface area (Å²) in [7, 11) is 1.42. The Hall–Kier alpha value is -2.38. The number of methoxy groups -OCH3 is 1. The molecular weight excluding hydrogens is 331 g/mol. The van der Waals surface area contributed by atoms with Crippen LogP contribution >= 0.6 is 0 Å². The first-order chi connectivity index (χ1) is 11.6. The van der Waals surface area contributed by atoms with Gasteiger partial charge >= 0.3 is 12.1 Å². The molecule has 0 aromatic carbocycles. The summed E-state index contributed by atoms with van der Waals surface area (Å²) in [5.41, 5.74) is -0.283. The second kappa shape index (κ2) is 7.25. The minimum Gasteiger partial charge on any atom is -0.481 e. The molecule has 0 N–H and O–H groups in total. The van der Waals surface area contributed by atoms with Gasteiger partial charge in [0.25, 0.3) is 0 Å². The summed E-state index contributed by atoms with van der Waals surface area (Å²) in [6, 6.07) is 0.696. The molecule has 2 heterocycles. The first kappa shape index (κ1) is 19.0. The van der Waals surface area contributed by atoms with E-state index in [1.807, 2.05) is 0 Å². The zero-order valence-electron chi connectivity index (χ0n) is 15.0. The first-order valence-electron chi connectivity index (χ1n) is 7.97. The number of amides is 1. The molecule has 7 nitrogen and oxygen atoms in total. The SMILES string of the molecule is COc1ncc(F)cc1[C@H]1CC(OC(C)=O)CN1C(=O)OC(C)(C)C. The number of likely N-dealkylation sites (tertiary alicyclic amines) is 1. The van der Waals surface area contributed by atoms with E-state index in [1.54, 1.807) is 20.8 Å². The van der Waals surface area contributed by atoms with Crippen LogP contribution in [0.3, 0.4) is 0 Å². The molecule has 0 aliphatic carbocycles. The fourth-order valence-corrected chi connectivity index (χ4v) is 2.79. The van der Waals surface area contributed by atoms with Crippen LogP contribution in [0.2, 0.25) is 0 Å². The molecule has 0 radical (unpaired) electrons. The van der Waals surface area contributed by atoms with Crippen LogP contribution in [0.15, 0.2) is 12.3 Å². The number of hydrogen-bond acceptors (Lipinski definition) is 6. The van der Waals surface area contributed by atoms with Crippen molar-refractivity contribution in [3.8, 4) is 5.88 Å². The van der Waals surface area contributed by atoms with E-state index in [4.69, 9.17) is 14.2 Å². The van der Waals surface area contributed by atoms with Gasteiger partial charge in [-0.1, -0.05) is 0 Å². The van der Waals surface area contributed by atoms with Crippen LogP contribution in [-0.2, 0) is 14.3 Å². The quantitative estimate of drug-likeness (QED) is 0.777. The number of hydrogen-bond donors (Lipinski definition) is 0. The van der Waals surface area contributed by atoms with E-state index in [-0.39, 0.29) is 12.4 Å². The van der Waals surface area contributed by atoms with E-state index in [9.17, 15) is 14.0 Å². The van der Waals surface area contributed by atoms with Gasteiger partial charge in [0.2, 0.25) is 5.88 Å². The molecule has 2 atom stereocenters. The fourth-order valence-electron chi connectivity index (χ4n) is 2.79. The molecule has 1 fully saturated rings. The van der Waals surface area contributed by atoms with E-state index in [2.05, 4.69) is 4.98 Å². The molecule has 1 saturated heterocycles. The Morgan fingerprint density at radius 3 is 2.60 bits per heavy atom. The molecular formula is C17H23FN2O5. The van der Waals surface area contributed by atoms with Gasteiger partial charge in [-0.25, -0.2) is 14.2 Å². The standard InChI is InChI=1S/C17H23FN2O5/c1-10(21)24-12-7-14(13-6-11(18)8-19-15(13)23-5)20(9-12)16(22)25-17(2,3)4/h6,8,12,14H,7,9H2,1-5H3/t12?,14-/m1/s1. The van der Waals surface area contributed by atoms with Crippen molar-refractivity contribution in [3.05, 3.63) is 23.6 Å². The largest absolute Gasteiger partial charge is 0.481 e. The highest BCUT2D eigenvalue weighted by atomic mass is 19.1. The molecule has 1 aliphatic heterocycles. The number of rotatable bonds is 3. The molecule has 2 rings (SSSR count). The molecule has 1 amide bonds. The third-order valence-corrected chi connectivity index (χ3v) is 3.62. The Bertz CT molecular complexity index is 659. The highest BCUT2D eigenvalue weighted by Crippen LogP contribution is 2.38. The van der Waals surface area contributed by atoms with E-state index in [0.717, 1.165) is 6.20 Å². The molecule has 25 heavy (non-hydrogen) atoms. The van der Waals surface area contributed by atoms with E-state index < -0.39 is 35.6 Å². The summed E-state index contributed by atoms with van der Waals surface area (Å²) >= 11 is 0. The number of carbonyl (C=O) groups is 2. The number of esters is 1. The van der Waals surface area contributed by atoms with Gasteiger partial charge in [0.05, 0.1) is 25.9 Å². The van der Waals surface area contributed by atoms with Crippen molar-refractivity contribution in [1.82, 2.24) is 9.88 Å². The van der Waals surface area contributed by atoms with Crippen molar-refractivity contribution in [2.75, 3.05) is 13.7 Å². The van der Waals surface area contributed by atoms with Gasteiger partial charge in [0, 0.05) is 18.9 Å². The van der Waals surface area contributed by atoms with Crippen molar-refractivity contribution in [2.24, 2.45) is 0 Å². The van der Waals surface area contributed by atoms with E-state index in [0.29, 0.717) is 12.0 Å². The Balaban J connectivity index is 2.35. The molecule has 138 valence electrons. The summed E-state index contributed by atoms with van der Waals surface area (Å²) < 4.78 is 29.6. The average Bonchev–Trinajstić information content (AvgIpc) is 2.88. The molecule has 0 bridgehead atoms. The van der Waals surface area contributed by atoms with Crippen LogP contribution < -0.4 is 4.74 Å². The Morgan fingerprint density at radius 2 is 2.04 bits per heavy atom. The Kier molecular flexibility index (Phi) is 5.49. The average molecular weight is 354 g/mol. The molecule has 1 aliphatic rings. The first-order valence-corrected chi connectivity index (χ1v) is 7.97. The second-order valence-corrected chi connectivity index (χ2v) is 6.87. The van der Waals surface area contributed by atoms with Crippen LogP contribution in [0, 0.1) is 5.82 Å². The number of carbonyl (C=O) groups excluding carboxylic acids is 2. The zero-order chi connectivity index (χ0) is 18.8. The zero-order valence-corrected chi connectivity index (χ0v) is 15.0. The van der Waals surface area contributed by atoms with Gasteiger partial charge in [0.1, 0.15) is 17.5 Å². The van der Waals surface area contributed by atoms with Gasteiger partial charge in [-0.05, 0) is 26.8 Å². The lowest BCUT2D eigenvalue weighted by Gasteiger charge is -2.28. The van der Waals surface area contributed by atoms with Crippen LogP contribution in [0.1, 0.15) is 45.7 Å². The third kappa shape index (κ3) is 4.80. The van der Waals surface area contributed by atoms with E-state index in [1.165, 1.54) is 25.0 Å². The lowest BCUT2D eigenvalue weighted by molar-refractivity contribution is -0.145. The number of nitrogens with zero attached hydrogens (tertiary/aromatic N) is 2. The highest BCUT2D eigenvalue weighted by molar-refractivity contribution is 5.70. The summed E-state index contributed by atoms with van der Waals surface area (Å²) in [4.78, 5) is 29.2. The van der Waals surface area contributed by atoms with Crippen molar-refractivity contribution in [1.29, 1.82) is 0 Å². The molecule has 1 unspecified atom stereocenters. The second-order valence-electron chi connectivity index (χ2n) is 6.87. The van der Waals surface area contributed by atoms with Gasteiger partial charge < -0.3 is 14.2 Å². The van der Waals surface area contributed by atoms with Gasteiger partial charge in [-0.3, -0.25) is 9.69 Å². The number of pyridine rings is 1. The minimum atomic E-state index is -0.689. The number of aromatic nitrogens is 1. The smallest absolute Gasteiger partial charge is 0.410 e. The maximum atomic E-state index is 13.7. The van der Waals surface area contributed by atoms with Crippen LogP contribution in [0.25, 0.3) is 0 Å². The summed E-state index contributed by atoms with van der Waals surface area (Å²) in [5.74, 6) is -0.779. The predicted octanol–water partition coefficient (Wildman–Crippen LogP) is 2.84. The summed E-state index contributed by atoms with van der Waals surface area (Å²) in [6.07, 6.45) is 0.264. The maximum absolute atomic E-state index is 13.7. The van der Waals surface area contributed by atoms with Crippen LogP contribution in [-0.4, -0.2) is 47.3 Å². The van der Waals surface area contributed by atoms with Crippen molar-refractivity contribution in [2.45, 2.75) is 51.9 Å². The van der Waals surface area contributed by atoms with Crippen molar-refractivity contribution in [3.63, 3.8) is 0 Å². The number of halogens is 1. The van der Waals surface area contributed by atoms with E-state index >= 15 is 0 Å². The molecule has 0 saturated carbocycles. The van der Waals surface area contributed by atoms with Crippen LogP contribution in [0.4, 0.5) is 9.18 Å². The normalized spacial score (nSPS) is 20.3. The van der Waals surface area contributed by atoms with Gasteiger partial charge in [0.15, 0.2) is 0 Å². The van der Waals surface area contributed by atoms with Crippen molar-refractivity contribution < 1.29 is 28.2 Å². The molecule has 1 aromatic rings. The molecule has 8 heteroatoms. The summed E-state index contributed by atoms with van der Waals surface area (Å²) in [5, 5.41) is 0. The topological polar surface area (TPSA) is 78.0 Å². The lowest BCUT2D eigenvalue weighted by Crippen LogP contribution is -2.37. The molecule has 1 aromatic heterocycles. The van der Waals surface area contributed by atoms with Gasteiger partial charge in [-0.2, -0.15) is 0 Å². The van der Waals surface area contributed by atoms with Crippen molar-refractivity contribution >= 4 is 12.1 Å². The molecule has 0 spiro atoms. The van der Waals surface area contributed by atoms with Gasteiger partial charge in [-0.15, -0.1) is 0 Å².